The molecule has 2 aromatic carbocycles. The monoisotopic (exact) mass is 387 g/mol. The molecule has 0 aliphatic heterocycles. The van der Waals surface area contributed by atoms with Gasteiger partial charge in [0.2, 0.25) is 0 Å². The first-order chi connectivity index (χ1) is 11.2. The molecule has 0 aliphatic rings. The number of para-hydroxylation sites is 1. The number of anilines is 1. The minimum atomic E-state index is -0.182. The molecule has 0 fully saturated rings. The summed E-state index contributed by atoms with van der Waals surface area (Å²) >= 11 is 4.51. The molecule has 1 amide bonds. The Morgan fingerprint density at radius 2 is 1.91 bits per heavy atom. The van der Waals surface area contributed by atoms with Crippen molar-refractivity contribution in [2.45, 2.75) is 13.3 Å². The van der Waals surface area contributed by atoms with Crippen LogP contribution in [0.15, 0.2) is 53.0 Å². The van der Waals surface area contributed by atoms with Gasteiger partial charge < -0.3 is 5.32 Å². The highest BCUT2D eigenvalue weighted by molar-refractivity contribution is 9.10. The van der Waals surface area contributed by atoms with Gasteiger partial charge in [-0.15, -0.1) is 5.10 Å². The van der Waals surface area contributed by atoms with Crippen molar-refractivity contribution in [2.24, 2.45) is 0 Å². The van der Waals surface area contributed by atoms with Crippen molar-refractivity contribution in [1.82, 2.24) is 9.59 Å². The lowest BCUT2D eigenvalue weighted by Crippen LogP contribution is -2.12. The van der Waals surface area contributed by atoms with E-state index in [4.69, 9.17) is 0 Å². The third kappa shape index (κ3) is 3.48. The van der Waals surface area contributed by atoms with E-state index in [1.807, 2.05) is 48.5 Å². The second kappa shape index (κ2) is 7.02. The van der Waals surface area contributed by atoms with Gasteiger partial charge >= 0.3 is 0 Å². The Labute approximate surface area is 146 Å². The summed E-state index contributed by atoms with van der Waals surface area (Å²) in [5.74, 6) is -0.182. The zero-order chi connectivity index (χ0) is 16.2. The Morgan fingerprint density at radius 1 is 1.17 bits per heavy atom. The highest BCUT2D eigenvalue weighted by Gasteiger charge is 2.18. The van der Waals surface area contributed by atoms with Crippen LogP contribution in [0.3, 0.4) is 0 Å². The number of hydrogen-bond donors (Lipinski definition) is 1. The Morgan fingerprint density at radius 3 is 2.65 bits per heavy atom. The molecular weight excluding hydrogens is 374 g/mol. The molecule has 0 aliphatic carbocycles. The number of carbonyl (C=O) groups excluding carboxylic acids is 1. The van der Waals surface area contributed by atoms with Crippen LogP contribution in [-0.2, 0) is 6.42 Å². The quantitative estimate of drug-likeness (QED) is 0.700. The van der Waals surface area contributed by atoms with Gasteiger partial charge in [0.15, 0.2) is 0 Å². The van der Waals surface area contributed by atoms with Crippen molar-refractivity contribution in [3.8, 4) is 11.3 Å². The van der Waals surface area contributed by atoms with Crippen LogP contribution in [0, 0.1) is 0 Å². The van der Waals surface area contributed by atoms with Gasteiger partial charge in [-0.25, -0.2) is 0 Å². The zero-order valence-corrected chi connectivity index (χ0v) is 14.8. The molecule has 3 aromatic rings. The van der Waals surface area contributed by atoms with Crippen LogP contribution in [0.4, 0.5) is 5.69 Å². The largest absolute Gasteiger partial charge is 0.321 e. The fourth-order valence-corrected chi connectivity index (χ4v) is 3.11. The lowest BCUT2D eigenvalue weighted by Gasteiger charge is -2.09. The molecule has 1 N–H and O–H groups in total. The van der Waals surface area contributed by atoms with Gasteiger partial charge in [-0.05, 0) is 41.7 Å². The van der Waals surface area contributed by atoms with E-state index in [0.717, 1.165) is 39.2 Å². The first kappa shape index (κ1) is 15.8. The summed E-state index contributed by atoms with van der Waals surface area (Å²) in [7, 11) is 0. The number of carbonyl (C=O) groups is 1. The second-order valence-electron chi connectivity index (χ2n) is 4.92. The summed E-state index contributed by atoms with van der Waals surface area (Å²) in [4.78, 5) is 13.1. The molecule has 6 heteroatoms. The molecule has 0 bridgehead atoms. The van der Waals surface area contributed by atoms with E-state index in [1.54, 1.807) is 0 Å². The molecule has 0 saturated heterocycles. The predicted octanol–water partition coefficient (Wildman–Crippen LogP) is 4.78. The van der Waals surface area contributed by atoms with E-state index < -0.39 is 0 Å². The van der Waals surface area contributed by atoms with Gasteiger partial charge in [-0.1, -0.05) is 57.7 Å². The number of halogens is 1. The maximum Gasteiger partial charge on any atom is 0.269 e. The molecule has 0 unspecified atom stereocenters. The Hall–Kier alpha value is -2.05. The molecule has 23 heavy (non-hydrogen) atoms. The predicted molar refractivity (Wildman–Crippen MR) is 96.8 cm³/mol. The third-order valence-electron chi connectivity index (χ3n) is 3.46. The van der Waals surface area contributed by atoms with Crippen LogP contribution in [0.5, 0.6) is 0 Å². The fourth-order valence-electron chi connectivity index (χ4n) is 2.27. The molecule has 1 heterocycles. The molecule has 3 rings (SSSR count). The van der Waals surface area contributed by atoms with E-state index in [2.05, 4.69) is 37.8 Å². The van der Waals surface area contributed by atoms with E-state index in [9.17, 15) is 4.79 Å². The number of amides is 1. The standard InChI is InChI=1S/C17H14BrN3OS/c1-2-11-5-3-4-6-14(11)19-17(22)16-15(20-21-23-16)12-7-9-13(18)10-8-12/h3-10H,2H2,1H3,(H,19,22). The van der Waals surface area contributed by atoms with E-state index in [-0.39, 0.29) is 5.91 Å². The van der Waals surface area contributed by atoms with Crippen LogP contribution in [-0.4, -0.2) is 15.5 Å². The van der Waals surface area contributed by atoms with Gasteiger partial charge in [-0.2, -0.15) is 0 Å². The number of aryl methyl sites for hydroxylation is 1. The molecule has 0 radical (unpaired) electrons. The van der Waals surface area contributed by atoms with Gasteiger partial charge in [0.1, 0.15) is 10.6 Å². The van der Waals surface area contributed by atoms with Gasteiger partial charge in [0.05, 0.1) is 0 Å². The molecule has 4 nitrogen and oxygen atoms in total. The van der Waals surface area contributed by atoms with Crippen LogP contribution >= 0.6 is 27.5 Å². The topological polar surface area (TPSA) is 54.9 Å². The van der Waals surface area contributed by atoms with Gasteiger partial charge in [-0.3, -0.25) is 4.79 Å². The first-order valence-electron chi connectivity index (χ1n) is 7.16. The normalized spacial score (nSPS) is 10.5. The van der Waals surface area contributed by atoms with Crippen molar-refractivity contribution in [1.29, 1.82) is 0 Å². The van der Waals surface area contributed by atoms with E-state index >= 15 is 0 Å². The molecule has 0 spiro atoms. The SMILES string of the molecule is CCc1ccccc1NC(=O)c1snnc1-c1ccc(Br)cc1. The first-order valence-corrected chi connectivity index (χ1v) is 8.73. The zero-order valence-electron chi connectivity index (χ0n) is 12.4. The van der Waals surface area contributed by atoms with Crippen LogP contribution in [0.2, 0.25) is 0 Å². The average molecular weight is 388 g/mol. The van der Waals surface area contributed by atoms with E-state index in [1.165, 1.54) is 0 Å². The lowest BCUT2D eigenvalue weighted by molar-refractivity contribution is 0.103. The van der Waals surface area contributed by atoms with Crippen LogP contribution in [0.25, 0.3) is 11.3 Å². The smallest absolute Gasteiger partial charge is 0.269 e. The number of rotatable bonds is 4. The molecule has 1 aromatic heterocycles. The summed E-state index contributed by atoms with van der Waals surface area (Å²) in [6.45, 7) is 2.06. The number of nitrogens with one attached hydrogen (secondary N) is 1. The highest BCUT2D eigenvalue weighted by atomic mass is 79.9. The highest BCUT2D eigenvalue weighted by Crippen LogP contribution is 2.26. The Kier molecular flexibility index (Phi) is 4.83. The van der Waals surface area contributed by atoms with Crippen molar-refractivity contribution >= 4 is 39.1 Å². The van der Waals surface area contributed by atoms with Gasteiger partial charge in [0, 0.05) is 15.7 Å². The molecular formula is C17H14BrN3OS. The number of nitrogens with zero attached hydrogens (tertiary/aromatic N) is 2. The van der Waals surface area contributed by atoms with Crippen molar-refractivity contribution < 1.29 is 4.79 Å². The summed E-state index contributed by atoms with van der Waals surface area (Å²) in [5.41, 5.74) is 3.41. The minimum Gasteiger partial charge on any atom is -0.321 e. The summed E-state index contributed by atoms with van der Waals surface area (Å²) in [6.07, 6.45) is 0.858. The van der Waals surface area contributed by atoms with Crippen LogP contribution in [0.1, 0.15) is 22.2 Å². The van der Waals surface area contributed by atoms with Crippen molar-refractivity contribution in [3.05, 3.63) is 63.4 Å². The summed E-state index contributed by atoms with van der Waals surface area (Å²) < 4.78 is 4.92. The summed E-state index contributed by atoms with van der Waals surface area (Å²) in [6, 6.07) is 15.5. The minimum absolute atomic E-state index is 0.182. The second-order valence-corrected chi connectivity index (χ2v) is 6.59. The third-order valence-corrected chi connectivity index (χ3v) is 4.71. The Bertz CT molecular complexity index is 830. The molecule has 0 saturated carbocycles. The number of hydrogen-bond acceptors (Lipinski definition) is 4. The van der Waals surface area contributed by atoms with Crippen molar-refractivity contribution in [3.63, 3.8) is 0 Å². The van der Waals surface area contributed by atoms with Crippen molar-refractivity contribution in [2.75, 3.05) is 5.32 Å². The van der Waals surface area contributed by atoms with E-state index in [0.29, 0.717) is 10.6 Å². The lowest BCUT2D eigenvalue weighted by atomic mass is 10.1. The average Bonchev–Trinajstić information content (AvgIpc) is 3.06. The maximum atomic E-state index is 12.6. The number of benzene rings is 2. The fraction of sp³-hybridized carbons (Fsp3) is 0.118. The Balaban J connectivity index is 1.89. The number of aromatic nitrogens is 2. The van der Waals surface area contributed by atoms with Gasteiger partial charge in [0.25, 0.3) is 5.91 Å². The summed E-state index contributed by atoms with van der Waals surface area (Å²) in [5, 5.41) is 7.08. The maximum absolute atomic E-state index is 12.6. The van der Waals surface area contributed by atoms with Crippen LogP contribution < -0.4 is 5.32 Å². The molecule has 0 atom stereocenters. The molecule has 116 valence electrons.